The van der Waals surface area contributed by atoms with Crippen LogP contribution in [0, 0.1) is 0 Å². The molecule has 2 aromatic carbocycles. The van der Waals surface area contributed by atoms with Crippen molar-refractivity contribution in [2.45, 2.75) is 12.5 Å². The first-order chi connectivity index (χ1) is 9.15. The third-order valence-corrected chi connectivity index (χ3v) is 3.47. The van der Waals surface area contributed by atoms with Gasteiger partial charge in [0.15, 0.2) is 0 Å². The van der Waals surface area contributed by atoms with Gasteiger partial charge in [-0.3, -0.25) is 14.5 Å². The van der Waals surface area contributed by atoms with Gasteiger partial charge in [-0.2, -0.15) is 0 Å². The normalized spacial score (nSPS) is 19.2. The Morgan fingerprint density at radius 1 is 1.11 bits per heavy atom. The molecule has 1 unspecified atom stereocenters. The fraction of sp³-hybridized carbons (Fsp3) is 0.200. The zero-order chi connectivity index (χ0) is 13.4. The lowest BCUT2D eigenvalue weighted by molar-refractivity contribution is -0.136. The molecule has 96 valence electrons. The van der Waals surface area contributed by atoms with E-state index in [1.54, 1.807) is 0 Å². The molecule has 1 N–H and O–H groups in total. The minimum absolute atomic E-state index is 0.136. The summed E-state index contributed by atoms with van der Waals surface area (Å²) < 4.78 is 0. The number of imide groups is 1. The molecule has 0 saturated carbocycles. The Balaban J connectivity index is 1.86. The van der Waals surface area contributed by atoms with Gasteiger partial charge >= 0.3 is 0 Å². The topological polar surface area (TPSA) is 49.4 Å². The summed E-state index contributed by atoms with van der Waals surface area (Å²) in [5, 5.41) is 5.39. The van der Waals surface area contributed by atoms with Crippen molar-refractivity contribution < 1.29 is 9.59 Å². The summed E-state index contributed by atoms with van der Waals surface area (Å²) in [4.78, 5) is 24.5. The third-order valence-electron chi connectivity index (χ3n) is 3.47. The summed E-state index contributed by atoms with van der Waals surface area (Å²) in [6.45, 7) is 0. The van der Waals surface area contributed by atoms with E-state index in [2.05, 4.69) is 5.32 Å². The van der Waals surface area contributed by atoms with Crippen LogP contribution < -0.4 is 5.32 Å². The van der Waals surface area contributed by atoms with Crippen LogP contribution in [0.3, 0.4) is 0 Å². The largest absolute Gasteiger partial charge is 0.373 e. The summed E-state index contributed by atoms with van der Waals surface area (Å²) in [6.07, 6.45) is 0.224. The predicted octanol–water partition coefficient (Wildman–Crippen LogP) is 2.01. The maximum absolute atomic E-state index is 11.8. The summed E-state index contributed by atoms with van der Waals surface area (Å²) in [5.74, 6) is -0.304. The molecule has 0 bridgehead atoms. The van der Waals surface area contributed by atoms with Crippen LogP contribution in [0.1, 0.15) is 6.42 Å². The number of amides is 2. The van der Waals surface area contributed by atoms with Crippen LogP contribution in [-0.4, -0.2) is 29.8 Å². The Labute approximate surface area is 111 Å². The number of nitrogens with zero attached hydrogens (tertiary/aromatic N) is 1. The van der Waals surface area contributed by atoms with E-state index < -0.39 is 6.04 Å². The molecule has 1 saturated heterocycles. The number of fused-ring (bicyclic) bond motifs is 1. The number of likely N-dealkylation sites (N-methyl/N-ethyl adjacent to an activating group) is 1. The monoisotopic (exact) mass is 254 g/mol. The highest BCUT2D eigenvalue weighted by Gasteiger charge is 2.35. The van der Waals surface area contributed by atoms with Gasteiger partial charge in [0.1, 0.15) is 6.04 Å². The Kier molecular flexibility index (Phi) is 2.71. The fourth-order valence-electron chi connectivity index (χ4n) is 2.35. The molecule has 2 aromatic rings. The van der Waals surface area contributed by atoms with Crippen molar-refractivity contribution in [1.82, 2.24) is 4.90 Å². The molecule has 0 aromatic heterocycles. The lowest BCUT2D eigenvalue weighted by Gasteiger charge is -2.13. The second-order valence-electron chi connectivity index (χ2n) is 4.75. The Bertz CT molecular complexity index is 666. The molecule has 0 spiro atoms. The minimum Gasteiger partial charge on any atom is -0.373 e. The minimum atomic E-state index is -0.446. The van der Waals surface area contributed by atoms with Crippen molar-refractivity contribution in [3.05, 3.63) is 42.5 Å². The number of hydrogen-bond acceptors (Lipinski definition) is 3. The van der Waals surface area contributed by atoms with Gasteiger partial charge in [0.25, 0.3) is 5.91 Å². The van der Waals surface area contributed by atoms with Gasteiger partial charge in [0.05, 0.1) is 6.42 Å². The van der Waals surface area contributed by atoms with Crippen LogP contribution in [-0.2, 0) is 9.59 Å². The van der Waals surface area contributed by atoms with Crippen molar-refractivity contribution in [2.24, 2.45) is 0 Å². The first-order valence-corrected chi connectivity index (χ1v) is 6.21. The van der Waals surface area contributed by atoms with Crippen LogP contribution >= 0.6 is 0 Å². The van der Waals surface area contributed by atoms with Crippen molar-refractivity contribution in [1.29, 1.82) is 0 Å². The van der Waals surface area contributed by atoms with Gasteiger partial charge < -0.3 is 5.32 Å². The van der Waals surface area contributed by atoms with Gasteiger partial charge in [0, 0.05) is 12.7 Å². The van der Waals surface area contributed by atoms with Crippen LogP contribution in [0.2, 0.25) is 0 Å². The van der Waals surface area contributed by atoms with Crippen molar-refractivity contribution in [3.8, 4) is 0 Å². The molecule has 1 aliphatic heterocycles. The Morgan fingerprint density at radius 3 is 2.53 bits per heavy atom. The molecular weight excluding hydrogens is 240 g/mol. The highest BCUT2D eigenvalue weighted by Crippen LogP contribution is 2.22. The van der Waals surface area contributed by atoms with Crippen molar-refractivity contribution in [2.75, 3.05) is 12.4 Å². The van der Waals surface area contributed by atoms with Crippen LogP contribution in [0.4, 0.5) is 5.69 Å². The molecule has 0 radical (unpaired) electrons. The predicted molar refractivity (Wildman–Crippen MR) is 73.8 cm³/mol. The van der Waals surface area contributed by atoms with Gasteiger partial charge in [-0.1, -0.05) is 30.3 Å². The SMILES string of the molecule is CN1C(=O)CC(Nc2ccc3ccccc3c2)C1=O. The average molecular weight is 254 g/mol. The molecule has 1 aliphatic rings. The molecule has 3 rings (SSSR count). The lowest BCUT2D eigenvalue weighted by Crippen LogP contribution is -2.31. The van der Waals surface area contributed by atoms with E-state index in [-0.39, 0.29) is 18.2 Å². The van der Waals surface area contributed by atoms with Gasteiger partial charge in [-0.25, -0.2) is 0 Å². The molecule has 1 fully saturated rings. The molecule has 0 aliphatic carbocycles. The quantitative estimate of drug-likeness (QED) is 0.834. The second-order valence-corrected chi connectivity index (χ2v) is 4.75. The number of carbonyl (C=O) groups is 2. The molecule has 4 heteroatoms. The smallest absolute Gasteiger partial charge is 0.251 e. The maximum atomic E-state index is 11.8. The van der Waals surface area contributed by atoms with E-state index in [1.165, 1.54) is 11.9 Å². The molecule has 1 atom stereocenters. The zero-order valence-electron chi connectivity index (χ0n) is 10.6. The fourth-order valence-corrected chi connectivity index (χ4v) is 2.35. The number of likely N-dealkylation sites (tertiary alicyclic amines) is 1. The van der Waals surface area contributed by atoms with Crippen LogP contribution in [0.15, 0.2) is 42.5 Å². The van der Waals surface area contributed by atoms with Crippen LogP contribution in [0.5, 0.6) is 0 Å². The number of anilines is 1. The second kappa shape index (κ2) is 4.39. The summed E-state index contributed by atoms with van der Waals surface area (Å²) in [7, 11) is 1.52. The Hall–Kier alpha value is -2.36. The van der Waals surface area contributed by atoms with Crippen molar-refractivity contribution >= 4 is 28.3 Å². The number of rotatable bonds is 2. The molecule has 2 amide bonds. The van der Waals surface area contributed by atoms with E-state index in [1.807, 2.05) is 42.5 Å². The third kappa shape index (κ3) is 2.05. The van der Waals surface area contributed by atoms with E-state index >= 15 is 0 Å². The number of nitrogens with one attached hydrogen (secondary N) is 1. The van der Waals surface area contributed by atoms with Crippen molar-refractivity contribution in [3.63, 3.8) is 0 Å². The number of carbonyl (C=O) groups excluding carboxylic acids is 2. The zero-order valence-corrected chi connectivity index (χ0v) is 10.6. The highest BCUT2D eigenvalue weighted by molar-refractivity contribution is 6.06. The number of hydrogen-bond donors (Lipinski definition) is 1. The maximum Gasteiger partial charge on any atom is 0.251 e. The highest BCUT2D eigenvalue weighted by atomic mass is 16.2. The summed E-state index contributed by atoms with van der Waals surface area (Å²) >= 11 is 0. The van der Waals surface area contributed by atoms with E-state index in [0.29, 0.717) is 0 Å². The van der Waals surface area contributed by atoms with E-state index in [0.717, 1.165) is 16.5 Å². The lowest BCUT2D eigenvalue weighted by atomic mass is 10.1. The molecular formula is C15H14N2O2. The van der Waals surface area contributed by atoms with Gasteiger partial charge in [-0.05, 0) is 22.9 Å². The average Bonchev–Trinajstić information content (AvgIpc) is 2.66. The molecule has 19 heavy (non-hydrogen) atoms. The van der Waals surface area contributed by atoms with Gasteiger partial charge in [-0.15, -0.1) is 0 Å². The summed E-state index contributed by atoms with van der Waals surface area (Å²) in [6, 6.07) is 13.5. The van der Waals surface area contributed by atoms with Crippen LogP contribution in [0.25, 0.3) is 10.8 Å². The summed E-state index contributed by atoms with van der Waals surface area (Å²) in [5.41, 5.74) is 0.861. The van der Waals surface area contributed by atoms with E-state index in [4.69, 9.17) is 0 Å². The van der Waals surface area contributed by atoms with Gasteiger partial charge in [0.2, 0.25) is 5.91 Å². The molecule has 4 nitrogen and oxygen atoms in total. The Morgan fingerprint density at radius 2 is 1.84 bits per heavy atom. The first kappa shape index (κ1) is 11.7. The molecule has 1 heterocycles. The first-order valence-electron chi connectivity index (χ1n) is 6.21. The standard InChI is InChI=1S/C15H14N2O2/c1-17-14(18)9-13(15(17)19)16-12-7-6-10-4-2-3-5-11(10)8-12/h2-8,13,16H,9H2,1H3. The number of benzene rings is 2. The van der Waals surface area contributed by atoms with E-state index in [9.17, 15) is 9.59 Å².